The first kappa shape index (κ1) is 12.5. The molecule has 7 heteroatoms. The Morgan fingerprint density at radius 2 is 2.35 bits per heavy atom. The molecule has 1 atom stereocenters. The molecule has 1 aliphatic rings. The molecule has 1 unspecified atom stereocenters. The van der Waals surface area contributed by atoms with Crippen molar-refractivity contribution in [3.8, 4) is 0 Å². The van der Waals surface area contributed by atoms with Gasteiger partial charge in [-0.25, -0.2) is 8.42 Å². The zero-order valence-electron chi connectivity index (χ0n) is 9.07. The summed E-state index contributed by atoms with van der Waals surface area (Å²) in [5.74, 6) is -0.937. The van der Waals surface area contributed by atoms with Gasteiger partial charge in [-0.2, -0.15) is 4.31 Å². The number of hydrogen-bond donors (Lipinski definition) is 1. The Bertz CT molecular complexity index is 494. The topological polar surface area (TPSA) is 74.7 Å². The predicted molar refractivity (Wildman–Crippen MR) is 63.4 cm³/mol. The lowest BCUT2D eigenvalue weighted by Crippen LogP contribution is -2.28. The van der Waals surface area contributed by atoms with Crippen molar-refractivity contribution >= 4 is 27.3 Å². The molecule has 5 nitrogen and oxygen atoms in total. The molecule has 0 bridgehead atoms. The van der Waals surface area contributed by atoms with Gasteiger partial charge in [0, 0.05) is 19.5 Å². The monoisotopic (exact) mass is 275 g/mol. The largest absolute Gasteiger partial charge is 0.481 e. The Kier molecular flexibility index (Phi) is 3.50. The van der Waals surface area contributed by atoms with Crippen molar-refractivity contribution in [2.75, 3.05) is 13.1 Å². The van der Waals surface area contributed by atoms with Crippen LogP contribution in [0.5, 0.6) is 0 Å². The van der Waals surface area contributed by atoms with Gasteiger partial charge in [0.2, 0.25) is 0 Å². The molecule has 1 aliphatic heterocycles. The standard InChI is InChI=1S/C10H13NO4S2/c12-9(13)6-8-3-4-11(7-8)17(14,15)10-2-1-5-16-10/h1-2,5,8H,3-4,6-7H2,(H,12,13). The highest BCUT2D eigenvalue weighted by molar-refractivity contribution is 7.91. The summed E-state index contributed by atoms with van der Waals surface area (Å²) in [6.07, 6.45) is 0.660. The first-order valence-corrected chi connectivity index (χ1v) is 7.57. The van der Waals surface area contributed by atoms with Crippen molar-refractivity contribution in [2.45, 2.75) is 17.1 Å². The molecule has 0 spiro atoms. The van der Waals surface area contributed by atoms with E-state index >= 15 is 0 Å². The smallest absolute Gasteiger partial charge is 0.303 e. The number of thiophene rings is 1. The molecule has 0 amide bonds. The molecule has 0 radical (unpaired) electrons. The summed E-state index contributed by atoms with van der Waals surface area (Å²) in [5.41, 5.74) is 0. The van der Waals surface area contributed by atoms with Crippen LogP contribution in [0.3, 0.4) is 0 Å². The summed E-state index contributed by atoms with van der Waals surface area (Å²) in [6, 6.07) is 3.27. The van der Waals surface area contributed by atoms with Gasteiger partial charge in [-0.15, -0.1) is 11.3 Å². The van der Waals surface area contributed by atoms with Crippen molar-refractivity contribution in [2.24, 2.45) is 5.92 Å². The van der Waals surface area contributed by atoms with Crippen LogP contribution in [0.15, 0.2) is 21.7 Å². The van der Waals surface area contributed by atoms with Crippen molar-refractivity contribution < 1.29 is 18.3 Å². The molecule has 2 heterocycles. The lowest BCUT2D eigenvalue weighted by atomic mass is 10.1. The highest BCUT2D eigenvalue weighted by Gasteiger charge is 2.33. The number of rotatable bonds is 4. The highest BCUT2D eigenvalue weighted by atomic mass is 32.2. The van der Waals surface area contributed by atoms with E-state index in [-0.39, 0.29) is 12.3 Å². The Balaban J connectivity index is 2.08. The van der Waals surface area contributed by atoms with Crippen LogP contribution in [0.4, 0.5) is 0 Å². The number of sulfonamides is 1. The average molecular weight is 275 g/mol. The molecule has 94 valence electrons. The van der Waals surface area contributed by atoms with Gasteiger partial charge in [0.15, 0.2) is 0 Å². The lowest BCUT2D eigenvalue weighted by Gasteiger charge is -2.14. The van der Waals surface area contributed by atoms with E-state index in [1.165, 1.54) is 15.6 Å². The maximum atomic E-state index is 12.1. The summed E-state index contributed by atoms with van der Waals surface area (Å²) in [7, 11) is -3.41. The second-order valence-electron chi connectivity index (χ2n) is 4.05. The third-order valence-electron chi connectivity index (χ3n) is 2.80. The summed E-state index contributed by atoms with van der Waals surface area (Å²) >= 11 is 1.19. The van der Waals surface area contributed by atoms with Gasteiger partial charge in [-0.3, -0.25) is 4.79 Å². The van der Waals surface area contributed by atoms with E-state index in [1.807, 2.05) is 0 Å². The zero-order chi connectivity index (χ0) is 12.5. The first-order chi connectivity index (χ1) is 8.00. The third kappa shape index (κ3) is 2.67. The molecule has 2 rings (SSSR count). The maximum Gasteiger partial charge on any atom is 0.303 e. The van der Waals surface area contributed by atoms with Gasteiger partial charge in [-0.05, 0) is 23.8 Å². The molecule has 1 N–H and O–H groups in total. The maximum absolute atomic E-state index is 12.1. The quantitative estimate of drug-likeness (QED) is 0.897. The zero-order valence-corrected chi connectivity index (χ0v) is 10.7. The summed E-state index contributed by atoms with van der Waals surface area (Å²) < 4.78 is 25.9. The van der Waals surface area contributed by atoms with E-state index in [1.54, 1.807) is 17.5 Å². The summed E-state index contributed by atoms with van der Waals surface area (Å²) in [5, 5.41) is 10.4. The number of nitrogens with zero attached hydrogens (tertiary/aromatic N) is 1. The molecule has 1 aromatic heterocycles. The van der Waals surface area contributed by atoms with Crippen LogP contribution in [0, 0.1) is 5.92 Å². The van der Waals surface area contributed by atoms with Crippen molar-refractivity contribution in [1.82, 2.24) is 4.31 Å². The van der Waals surface area contributed by atoms with Crippen LogP contribution in [-0.2, 0) is 14.8 Å². The highest BCUT2D eigenvalue weighted by Crippen LogP contribution is 2.28. The Morgan fingerprint density at radius 3 is 2.94 bits per heavy atom. The van der Waals surface area contributed by atoms with Gasteiger partial charge < -0.3 is 5.11 Å². The van der Waals surface area contributed by atoms with Gasteiger partial charge in [-0.1, -0.05) is 6.07 Å². The van der Waals surface area contributed by atoms with Gasteiger partial charge in [0.25, 0.3) is 10.0 Å². The van der Waals surface area contributed by atoms with E-state index in [4.69, 9.17) is 5.11 Å². The molecule has 1 aromatic rings. The van der Waals surface area contributed by atoms with Gasteiger partial charge >= 0.3 is 5.97 Å². The second kappa shape index (κ2) is 4.75. The van der Waals surface area contributed by atoms with Crippen LogP contribution in [0.1, 0.15) is 12.8 Å². The predicted octanol–water partition coefficient (Wildman–Crippen LogP) is 1.23. The van der Waals surface area contributed by atoms with Gasteiger partial charge in [0.1, 0.15) is 4.21 Å². The molecule has 17 heavy (non-hydrogen) atoms. The van der Waals surface area contributed by atoms with Crippen LogP contribution < -0.4 is 0 Å². The molecule has 0 aromatic carbocycles. The van der Waals surface area contributed by atoms with E-state index in [2.05, 4.69) is 0 Å². The minimum absolute atomic E-state index is 0.0382. The number of aliphatic carboxylic acids is 1. The molecule has 0 aliphatic carbocycles. The minimum Gasteiger partial charge on any atom is -0.481 e. The molecule has 1 fully saturated rings. The Morgan fingerprint density at radius 1 is 1.59 bits per heavy atom. The van der Waals surface area contributed by atoms with E-state index in [9.17, 15) is 13.2 Å². The molecule has 0 saturated carbocycles. The SMILES string of the molecule is O=C(O)CC1CCN(S(=O)(=O)c2cccs2)C1. The van der Waals surface area contributed by atoms with Crippen LogP contribution in [0.25, 0.3) is 0 Å². The number of carbonyl (C=O) groups is 1. The van der Waals surface area contributed by atoms with Crippen molar-refractivity contribution in [3.05, 3.63) is 17.5 Å². The summed E-state index contributed by atoms with van der Waals surface area (Å²) in [6.45, 7) is 0.727. The van der Waals surface area contributed by atoms with Gasteiger partial charge in [0.05, 0.1) is 0 Å². The number of carboxylic acid groups (broad SMARTS) is 1. The van der Waals surface area contributed by atoms with E-state index in [0.717, 1.165) is 0 Å². The van der Waals surface area contributed by atoms with Crippen molar-refractivity contribution in [3.63, 3.8) is 0 Å². The fourth-order valence-electron chi connectivity index (χ4n) is 1.97. The third-order valence-corrected chi connectivity index (χ3v) is 6.04. The van der Waals surface area contributed by atoms with Crippen LogP contribution >= 0.6 is 11.3 Å². The molecular formula is C10H13NO4S2. The number of hydrogen-bond acceptors (Lipinski definition) is 4. The normalized spacial score (nSPS) is 21.8. The van der Waals surface area contributed by atoms with E-state index in [0.29, 0.717) is 23.7 Å². The van der Waals surface area contributed by atoms with Crippen LogP contribution in [0.2, 0.25) is 0 Å². The first-order valence-electron chi connectivity index (χ1n) is 5.25. The van der Waals surface area contributed by atoms with Crippen LogP contribution in [-0.4, -0.2) is 36.9 Å². The van der Waals surface area contributed by atoms with E-state index < -0.39 is 16.0 Å². The Labute approximate surface area is 104 Å². The minimum atomic E-state index is -3.41. The Hall–Kier alpha value is -0.920. The molecular weight excluding hydrogens is 262 g/mol. The fraction of sp³-hybridized carbons (Fsp3) is 0.500. The van der Waals surface area contributed by atoms with Crippen molar-refractivity contribution in [1.29, 1.82) is 0 Å². The summed E-state index contributed by atoms with van der Waals surface area (Å²) in [4.78, 5) is 10.6. The average Bonchev–Trinajstić information content (AvgIpc) is 2.85. The molecule has 1 saturated heterocycles. The lowest BCUT2D eigenvalue weighted by molar-refractivity contribution is -0.137. The second-order valence-corrected chi connectivity index (χ2v) is 7.16. The number of carboxylic acids is 1. The fourth-order valence-corrected chi connectivity index (χ4v) is 4.64.